The van der Waals surface area contributed by atoms with Gasteiger partial charge in [0.05, 0.1) is 5.69 Å². The number of hydrogen-bond acceptors (Lipinski definition) is 5. The van der Waals surface area contributed by atoms with Gasteiger partial charge in [-0.25, -0.2) is 4.68 Å². The Morgan fingerprint density at radius 2 is 2.13 bits per heavy atom. The smallest absolute Gasteiger partial charge is 0.286 e. The molecule has 0 atom stereocenters. The monoisotopic (exact) mass is 207 g/mol. The Morgan fingerprint density at radius 3 is 2.53 bits per heavy atom. The summed E-state index contributed by atoms with van der Waals surface area (Å²) in [5.74, 6) is 5.41. The van der Waals surface area contributed by atoms with Crippen molar-refractivity contribution in [2.75, 3.05) is 0 Å². The third-order valence-corrected chi connectivity index (χ3v) is 1.58. The molecule has 0 aromatic carbocycles. The molecule has 0 fully saturated rings. The van der Waals surface area contributed by atoms with Gasteiger partial charge in [-0.2, -0.15) is 5.10 Å². The van der Waals surface area contributed by atoms with Gasteiger partial charge in [-0.15, -0.1) is 15.3 Å². The summed E-state index contributed by atoms with van der Waals surface area (Å²) in [5, 5.41) is 14.9. The Labute approximate surface area is 87.2 Å². The zero-order valence-electron chi connectivity index (χ0n) is 8.68. The van der Waals surface area contributed by atoms with Crippen LogP contribution >= 0.6 is 0 Å². The number of azo groups is 1. The Morgan fingerprint density at radius 1 is 1.47 bits per heavy atom. The van der Waals surface area contributed by atoms with Gasteiger partial charge in [-0.1, -0.05) is 6.58 Å². The van der Waals surface area contributed by atoms with Gasteiger partial charge in [0.25, 0.3) is 5.96 Å². The van der Waals surface area contributed by atoms with Gasteiger partial charge >= 0.3 is 0 Å². The summed E-state index contributed by atoms with van der Waals surface area (Å²) in [6.45, 7) is 7.09. The molecule has 0 spiro atoms. The third kappa shape index (κ3) is 2.63. The molecule has 0 radical (unpaired) electrons. The number of nitrogens with two attached hydrogens (primary N) is 2. The molecule has 0 unspecified atom stereocenters. The highest BCUT2D eigenvalue weighted by Crippen LogP contribution is 2.02. The molecule has 80 valence electrons. The number of nitrogens with zero attached hydrogens (tertiary/aromatic N) is 5. The van der Waals surface area contributed by atoms with Crippen LogP contribution in [0.5, 0.6) is 0 Å². The molecule has 4 N–H and O–H groups in total. The molecule has 1 heterocycles. The molecule has 0 amide bonds. The fraction of sp³-hybridized carbons (Fsp3) is 0.250. The van der Waals surface area contributed by atoms with Crippen molar-refractivity contribution in [1.29, 1.82) is 0 Å². The summed E-state index contributed by atoms with van der Waals surface area (Å²) < 4.78 is 1.47. The lowest BCUT2D eigenvalue weighted by molar-refractivity contribution is 0.849. The summed E-state index contributed by atoms with van der Waals surface area (Å²) in [5.41, 5.74) is 6.94. The summed E-state index contributed by atoms with van der Waals surface area (Å²) in [6, 6.07) is 1.87. The van der Waals surface area contributed by atoms with Crippen LogP contribution in [0.15, 0.2) is 33.8 Å². The summed E-state index contributed by atoms with van der Waals surface area (Å²) in [4.78, 5) is 0. The van der Waals surface area contributed by atoms with Crippen LogP contribution in [-0.2, 0) is 0 Å². The maximum absolute atomic E-state index is 5.24. The van der Waals surface area contributed by atoms with Crippen molar-refractivity contribution in [3.63, 3.8) is 0 Å². The van der Waals surface area contributed by atoms with Crippen molar-refractivity contribution < 1.29 is 0 Å². The second kappa shape index (κ2) is 4.36. The average molecular weight is 207 g/mol. The molecule has 7 nitrogen and oxygen atoms in total. The van der Waals surface area contributed by atoms with Crippen molar-refractivity contribution in [3.8, 4) is 0 Å². The van der Waals surface area contributed by atoms with Gasteiger partial charge in [0.2, 0.25) is 0 Å². The van der Waals surface area contributed by atoms with Crippen LogP contribution in [0.2, 0.25) is 0 Å². The van der Waals surface area contributed by atoms with Gasteiger partial charge in [0, 0.05) is 5.69 Å². The minimum absolute atomic E-state index is 0.0812. The van der Waals surface area contributed by atoms with E-state index in [0.29, 0.717) is 0 Å². The molecular weight excluding hydrogens is 194 g/mol. The highest BCUT2D eigenvalue weighted by atomic mass is 15.4. The summed E-state index contributed by atoms with van der Waals surface area (Å²) >= 11 is 0. The first kappa shape index (κ1) is 10.9. The van der Waals surface area contributed by atoms with Crippen molar-refractivity contribution in [3.05, 3.63) is 29.9 Å². The maximum atomic E-state index is 5.24. The Kier molecular flexibility index (Phi) is 3.17. The van der Waals surface area contributed by atoms with E-state index >= 15 is 0 Å². The molecule has 7 heteroatoms. The van der Waals surface area contributed by atoms with Gasteiger partial charge < -0.3 is 11.6 Å². The molecule has 1 aromatic rings. The van der Waals surface area contributed by atoms with Crippen LogP contribution in [0, 0.1) is 13.8 Å². The van der Waals surface area contributed by atoms with Crippen molar-refractivity contribution >= 4 is 5.96 Å². The number of rotatable bonds is 1. The Balaban J connectivity index is 3.04. The molecule has 1 rings (SSSR count). The van der Waals surface area contributed by atoms with E-state index in [-0.39, 0.29) is 11.8 Å². The van der Waals surface area contributed by atoms with Crippen molar-refractivity contribution in [1.82, 2.24) is 9.78 Å². The van der Waals surface area contributed by atoms with Gasteiger partial charge in [0.15, 0.2) is 0 Å². The largest absolute Gasteiger partial charge is 0.383 e. The van der Waals surface area contributed by atoms with Gasteiger partial charge in [-0.3, -0.25) is 0 Å². The highest BCUT2D eigenvalue weighted by molar-refractivity contribution is 5.82. The lowest BCUT2D eigenvalue weighted by atomic mass is 10.4. The average Bonchev–Trinajstić information content (AvgIpc) is 2.46. The molecule has 0 bridgehead atoms. The molecule has 0 saturated carbocycles. The molecule has 1 aromatic heterocycles. The SMILES string of the molecule is C=C(N)N=N/C(=N\N)n1nc(C)cc1C. The minimum atomic E-state index is 0.0812. The molecule has 15 heavy (non-hydrogen) atoms. The predicted molar refractivity (Wildman–Crippen MR) is 56.9 cm³/mol. The van der Waals surface area contributed by atoms with Crippen LogP contribution < -0.4 is 11.6 Å². The second-order valence-electron chi connectivity index (χ2n) is 2.96. The quantitative estimate of drug-likeness (QED) is 0.229. The van der Waals surface area contributed by atoms with Crippen LogP contribution in [0.4, 0.5) is 0 Å². The Bertz CT molecular complexity index is 426. The number of hydrazone groups is 1. The fourth-order valence-electron chi connectivity index (χ4n) is 1.06. The lowest BCUT2D eigenvalue weighted by Crippen LogP contribution is -2.14. The van der Waals surface area contributed by atoms with Crippen LogP contribution in [0.25, 0.3) is 0 Å². The van der Waals surface area contributed by atoms with E-state index in [1.54, 1.807) is 0 Å². The van der Waals surface area contributed by atoms with Crippen LogP contribution in [-0.4, -0.2) is 15.7 Å². The van der Waals surface area contributed by atoms with E-state index in [1.807, 2.05) is 19.9 Å². The lowest BCUT2D eigenvalue weighted by Gasteiger charge is -1.99. The second-order valence-corrected chi connectivity index (χ2v) is 2.96. The van der Waals surface area contributed by atoms with Crippen LogP contribution in [0.3, 0.4) is 0 Å². The summed E-state index contributed by atoms with van der Waals surface area (Å²) in [7, 11) is 0. The molecule has 0 saturated heterocycles. The van der Waals surface area contributed by atoms with E-state index in [2.05, 4.69) is 27.0 Å². The minimum Gasteiger partial charge on any atom is -0.383 e. The van der Waals surface area contributed by atoms with Crippen LogP contribution in [0.1, 0.15) is 11.4 Å². The highest BCUT2D eigenvalue weighted by Gasteiger charge is 2.06. The van der Waals surface area contributed by atoms with Gasteiger partial charge in [-0.05, 0) is 19.9 Å². The van der Waals surface area contributed by atoms with Crippen molar-refractivity contribution in [2.24, 2.45) is 26.9 Å². The fourth-order valence-corrected chi connectivity index (χ4v) is 1.06. The predicted octanol–water partition coefficient (Wildman–Crippen LogP) is 0.460. The molecule has 0 aliphatic heterocycles. The molecule has 0 aliphatic rings. The van der Waals surface area contributed by atoms with E-state index in [1.165, 1.54) is 4.68 Å². The van der Waals surface area contributed by atoms with E-state index in [0.717, 1.165) is 11.4 Å². The summed E-state index contributed by atoms with van der Waals surface area (Å²) in [6.07, 6.45) is 0. The topological polar surface area (TPSA) is 107 Å². The van der Waals surface area contributed by atoms with E-state index in [4.69, 9.17) is 11.6 Å². The normalized spacial score (nSPS) is 12.3. The first-order valence-electron chi connectivity index (χ1n) is 4.22. The zero-order chi connectivity index (χ0) is 11.4. The third-order valence-electron chi connectivity index (χ3n) is 1.58. The number of aromatic nitrogens is 2. The molecule has 0 aliphatic carbocycles. The Hall–Kier alpha value is -2.18. The van der Waals surface area contributed by atoms with E-state index in [9.17, 15) is 0 Å². The zero-order valence-corrected chi connectivity index (χ0v) is 8.68. The number of aryl methyl sites for hydroxylation is 2. The first-order chi connectivity index (χ1) is 7.04. The standard InChI is InChI=1S/C8H13N7/c1-5-4-6(2)15(14-5)8(11-10)13-12-7(3)9/h4H,3,9-10H2,1-2H3/b11-8+,13-12?. The maximum Gasteiger partial charge on any atom is 0.286 e. The number of hydrogen-bond donors (Lipinski definition) is 2. The van der Waals surface area contributed by atoms with E-state index < -0.39 is 0 Å². The van der Waals surface area contributed by atoms with Gasteiger partial charge in [0.1, 0.15) is 5.82 Å². The molecular formula is C8H13N7. The van der Waals surface area contributed by atoms with Crippen molar-refractivity contribution in [2.45, 2.75) is 13.8 Å². The first-order valence-corrected chi connectivity index (χ1v) is 4.22.